The lowest BCUT2D eigenvalue weighted by molar-refractivity contribution is 0.0600. The van der Waals surface area contributed by atoms with E-state index in [0.717, 1.165) is 0 Å². The van der Waals surface area contributed by atoms with Crippen molar-refractivity contribution < 1.29 is 18.7 Å². The first-order chi connectivity index (χ1) is 13.5. The van der Waals surface area contributed by atoms with Gasteiger partial charge in [-0.1, -0.05) is 23.2 Å². The number of hydrazone groups is 1. The van der Waals surface area contributed by atoms with Crippen LogP contribution in [0.5, 0.6) is 0 Å². The van der Waals surface area contributed by atoms with Gasteiger partial charge in [-0.05, 0) is 54.6 Å². The highest BCUT2D eigenvalue weighted by molar-refractivity contribution is 6.33. The van der Waals surface area contributed by atoms with Crippen LogP contribution in [0, 0.1) is 0 Å². The van der Waals surface area contributed by atoms with Gasteiger partial charge >= 0.3 is 5.97 Å². The number of rotatable bonds is 5. The Balaban J connectivity index is 1.72. The molecule has 0 aliphatic heterocycles. The molecule has 1 aromatic heterocycles. The summed E-state index contributed by atoms with van der Waals surface area (Å²) in [6.45, 7) is 0. The van der Waals surface area contributed by atoms with Gasteiger partial charge in [0.15, 0.2) is 0 Å². The predicted octanol–water partition coefficient (Wildman–Crippen LogP) is 4.80. The van der Waals surface area contributed by atoms with E-state index >= 15 is 0 Å². The topological polar surface area (TPSA) is 80.9 Å². The number of hydrogen-bond donors (Lipinski definition) is 1. The van der Waals surface area contributed by atoms with Crippen LogP contribution in [0.15, 0.2) is 64.1 Å². The Kier molecular flexibility index (Phi) is 6.13. The lowest BCUT2D eigenvalue weighted by Gasteiger charge is -2.04. The Labute approximate surface area is 170 Å². The molecule has 3 rings (SSSR count). The first-order valence-electron chi connectivity index (χ1n) is 8.05. The molecule has 0 saturated carbocycles. The van der Waals surface area contributed by atoms with Crippen LogP contribution in [-0.2, 0) is 4.74 Å². The van der Waals surface area contributed by atoms with Crippen molar-refractivity contribution in [1.29, 1.82) is 0 Å². The molecule has 2 aromatic carbocycles. The minimum atomic E-state index is -0.476. The third kappa shape index (κ3) is 4.60. The minimum Gasteiger partial charge on any atom is -0.465 e. The number of amides is 1. The maximum absolute atomic E-state index is 12.0. The SMILES string of the molecule is COC(=O)c1ccc(Cl)c(-c2ccc(/C=N/NC(=O)c3ccc(Cl)cc3)o2)c1. The Bertz CT molecular complexity index is 1040. The monoisotopic (exact) mass is 416 g/mol. The molecule has 0 radical (unpaired) electrons. The van der Waals surface area contributed by atoms with E-state index in [0.29, 0.717) is 38.3 Å². The van der Waals surface area contributed by atoms with Crippen molar-refractivity contribution in [2.24, 2.45) is 5.10 Å². The average molecular weight is 417 g/mol. The summed E-state index contributed by atoms with van der Waals surface area (Å²) in [6, 6.07) is 14.5. The van der Waals surface area contributed by atoms with Crippen LogP contribution >= 0.6 is 23.2 Å². The van der Waals surface area contributed by atoms with E-state index in [-0.39, 0.29) is 5.91 Å². The summed E-state index contributed by atoms with van der Waals surface area (Å²) in [5.41, 5.74) is 3.71. The molecule has 0 aliphatic rings. The average Bonchev–Trinajstić information content (AvgIpc) is 3.16. The van der Waals surface area contributed by atoms with Crippen LogP contribution in [0.1, 0.15) is 26.5 Å². The van der Waals surface area contributed by atoms with E-state index in [1.54, 1.807) is 54.6 Å². The van der Waals surface area contributed by atoms with Crippen molar-refractivity contribution in [3.05, 3.63) is 81.5 Å². The number of esters is 1. The largest absolute Gasteiger partial charge is 0.465 e. The highest BCUT2D eigenvalue weighted by Crippen LogP contribution is 2.30. The Morgan fingerprint density at radius 1 is 1.04 bits per heavy atom. The van der Waals surface area contributed by atoms with Gasteiger partial charge in [-0.25, -0.2) is 10.2 Å². The number of carbonyl (C=O) groups excluding carboxylic acids is 2. The summed E-state index contributed by atoms with van der Waals surface area (Å²) in [6.07, 6.45) is 1.36. The molecule has 0 saturated heterocycles. The van der Waals surface area contributed by atoms with E-state index in [4.69, 9.17) is 32.4 Å². The van der Waals surface area contributed by atoms with Crippen molar-refractivity contribution in [1.82, 2.24) is 5.43 Å². The Morgan fingerprint density at radius 3 is 2.46 bits per heavy atom. The summed E-state index contributed by atoms with van der Waals surface area (Å²) < 4.78 is 10.4. The van der Waals surface area contributed by atoms with Crippen LogP contribution in [0.25, 0.3) is 11.3 Å². The number of hydrogen-bond acceptors (Lipinski definition) is 5. The van der Waals surface area contributed by atoms with Gasteiger partial charge in [0, 0.05) is 16.1 Å². The highest BCUT2D eigenvalue weighted by Gasteiger charge is 2.13. The van der Waals surface area contributed by atoms with Crippen LogP contribution in [0.4, 0.5) is 0 Å². The standard InChI is InChI=1S/C20H14Cl2N2O4/c1-27-20(26)13-4-8-17(22)16(10-13)18-9-7-15(28-18)11-23-24-19(25)12-2-5-14(21)6-3-12/h2-11H,1H3,(H,24,25)/b23-11+. The number of furan rings is 1. The summed E-state index contributed by atoms with van der Waals surface area (Å²) in [5.74, 6) is -0.0168. The zero-order valence-electron chi connectivity index (χ0n) is 14.6. The number of halogens is 2. The van der Waals surface area contributed by atoms with Crippen LogP contribution in [-0.4, -0.2) is 25.2 Å². The zero-order chi connectivity index (χ0) is 20.1. The molecule has 3 aromatic rings. The number of carbonyl (C=O) groups is 2. The third-order valence-corrected chi connectivity index (χ3v) is 4.33. The van der Waals surface area contributed by atoms with Crippen LogP contribution in [0.3, 0.4) is 0 Å². The summed E-state index contributed by atoms with van der Waals surface area (Å²) in [5, 5.41) is 4.83. The molecule has 1 amide bonds. The fourth-order valence-corrected chi connectivity index (χ4v) is 2.68. The quantitative estimate of drug-likeness (QED) is 0.367. The fourth-order valence-electron chi connectivity index (χ4n) is 2.35. The predicted molar refractivity (Wildman–Crippen MR) is 107 cm³/mol. The van der Waals surface area contributed by atoms with Crippen molar-refractivity contribution >= 4 is 41.3 Å². The number of methoxy groups -OCH3 is 1. The van der Waals surface area contributed by atoms with Crippen molar-refractivity contribution in [2.75, 3.05) is 7.11 Å². The Morgan fingerprint density at radius 2 is 1.75 bits per heavy atom. The van der Waals surface area contributed by atoms with Gasteiger partial charge in [0.25, 0.3) is 5.91 Å². The molecule has 8 heteroatoms. The third-order valence-electron chi connectivity index (χ3n) is 3.74. The normalized spacial score (nSPS) is 10.8. The molecule has 0 spiro atoms. The molecule has 0 aliphatic carbocycles. The molecular weight excluding hydrogens is 403 g/mol. The molecule has 0 unspecified atom stereocenters. The molecule has 6 nitrogen and oxygen atoms in total. The molecule has 28 heavy (non-hydrogen) atoms. The van der Waals surface area contributed by atoms with E-state index in [2.05, 4.69) is 10.5 Å². The highest BCUT2D eigenvalue weighted by atomic mass is 35.5. The van der Waals surface area contributed by atoms with E-state index in [1.807, 2.05) is 0 Å². The molecule has 0 atom stereocenters. The summed E-state index contributed by atoms with van der Waals surface area (Å²) in [4.78, 5) is 23.7. The van der Waals surface area contributed by atoms with Gasteiger partial charge in [0.05, 0.1) is 23.9 Å². The number of ether oxygens (including phenoxy) is 1. The summed E-state index contributed by atoms with van der Waals surface area (Å²) in [7, 11) is 1.30. The van der Waals surface area contributed by atoms with Crippen LogP contribution < -0.4 is 5.43 Å². The molecule has 1 heterocycles. The second kappa shape index (κ2) is 8.73. The second-order valence-corrected chi connectivity index (χ2v) is 6.44. The smallest absolute Gasteiger partial charge is 0.337 e. The van der Waals surface area contributed by atoms with Gasteiger partial charge < -0.3 is 9.15 Å². The fraction of sp³-hybridized carbons (Fsp3) is 0.0500. The minimum absolute atomic E-state index is 0.351. The van der Waals surface area contributed by atoms with Gasteiger partial charge in [0.2, 0.25) is 0 Å². The van der Waals surface area contributed by atoms with Gasteiger partial charge in [-0.2, -0.15) is 5.10 Å². The lowest BCUT2D eigenvalue weighted by Crippen LogP contribution is -2.17. The number of nitrogens with zero attached hydrogens (tertiary/aromatic N) is 1. The van der Waals surface area contributed by atoms with Crippen molar-refractivity contribution in [3.63, 3.8) is 0 Å². The molecular formula is C20H14Cl2N2O4. The molecule has 142 valence electrons. The first kappa shape index (κ1) is 19.7. The maximum atomic E-state index is 12.0. The van der Waals surface area contributed by atoms with E-state index in [1.165, 1.54) is 13.3 Å². The van der Waals surface area contributed by atoms with Gasteiger partial charge in [0.1, 0.15) is 11.5 Å². The summed E-state index contributed by atoms with van der Waals surface area (Å²) >= 11 is 12.0. The number of benzene rings is 2. The van der Waals surface area contributed by atoms with E-state index in [9.17, 15) is 9.59 Å². The molecule has 0 bridgehead atoms. The Hall–Kier alpha value is -3.09. The van der Waals surface area contributed by atoms with Crippen molar-refractivity contribution in [2.45, 2.75) is 0 Å². The van der Waals surface area contributed by atoms with Crippen molar-refractivity contribution in [3.8, 4) is 11.3 Å². The van der Waals surface area contributed by atoms with Crippen LogP contribution in [0.2, 0.25) is 10.0 Å². The lowest BCUT2D eigenvalue weighted by atomic mass is 10.1. The van der Waals surface area contributed by atoms with E-state index < -0.39 is 5.97 Å². The number of nitrogens with one attached hydrogen (secondary N) is 1. The molecule has 0 fully saturated rings. The maximum Gasteiger partial charge on any atom is 0.337 e. The zero-order valence-corrected chi connectivity index (χ0v) is 16.1. The second-order valence-electron chi connectivity index (χ2n) is 5.59. The van der Waals surface area contributed by atoms with Gasteiger partial charge in [-0.15, -0.1) is 0 Å². The molecule has 1 N–H and O–H groups in total. The van der Waals surface area contributed by atoms with Gasteiger partial charge in [-0.3, -0.25) is 4.79 Å². The first-order valence-corrected chi connectivity index (χ1v) is 8.80.